The molecule has 0 nitrogen and oxygen atoms in total. The average molecular weight is 397 g/mol. The van der Waals surface area contributed by atoms with Crippen molar-refractivity contribution in [1.82, 2.24) is 0 Å². The molecule has 0 aliphatic carbocycles. The minimum absolute atomic E-state index is 1.44. The molecule has 0 spiro atoms. The van der Waals surface area contributed by atoms with Gasteiger partial charge in [-0.05, 0) is 0 Å². The van der Waals surface area contributed by atoms with E-state index >= 15 is 0 Å². The zero-order valence-electron chi connectivity index (χ0n) is 15.1. The Morgan fingerprint density at radius 1 is 0.682 bits per heavy atom. The molecule has 0 saturated carbocycles. The van der Waals surface area contributed by atoms with E-state index in [1.807, 2.05) is 22.7 Å². The van der Waals surface area contributed by atoms with Crippen LogP contribution in [0.25, 0.3) is 11.4 Å². The highest BCUT2D eigenvalue weighted by Crippen LogP contribution is 2.21. The molecule has 0 fully saturated rings. The summed E-state index contributed by atoms with van der Waals surface area (Å²) < 4.78 is 2.92. The molecular weight excluding hydrogens is 369 g/mol. The summed E-state index contributed by atoms with van der Waals surface area (Å²) in [6, 6.07) is 0. The molecule has 1 aromatic heterocycles. The van der Waals surface area contributed by atoms with E-state index in [1.165, 1.54) is 7.69 Å². The molecule has 0 atom stereocenters. The molecule has 120 valence electrons. The molecule has 0 unspecified atom stereocenters. The first-order chi connectivity index (χ1) is 9.78. The van der Waals surface area contributed by atoms with Crippen LogP contribution in [0.1, 0.15) is 0 Å². The highest BCUT2D eigenvalue weighted by molar-refractivity contribution is 7.51. The minimum atomic E-state index is -1.52. The summed E-state index contributed by atoms with van der Waals surface area (Å²) in [5, 5.41) is 0. The maximum absolute atomic E-state index is 5.78. The van der Waals surface area contributed by atoms with Crippen LogP contribution in [0.3, 0.4) is 0 Å². The monoisotopic (exact) mass is 396 g/mol. The SMILES string of the molecule is C#C[Si](C)(C)[Si](C)(C)C=c1sc(=C[Si](C)(C)[Si](C)(C)C#C)s1. The largest absolute Gasteiger partial charge is 0.138 e. The molecule has 1 aromatic rings. The van der Waals surface area contributed by atoms with E-state index in [2.05, 4.69) is 74.9 Å². The second kappa shape index (κ2) is 6.43. The fourth-order valence-corrected chi connectivity index (χ4v) is 16.5. The highest BCUT2D eigenvalue weighted by atomic mass is 32.2. The van der Waals surface area contributed by atoms with Crippen molar-refractivity contribution in [2.45, 2.75) is 52.4 Å². The smallest absolute Gasteiger partial charge is 0.127 e. The van der Waals surface area contributed by atoms with Crippen molar-refractivity contribution in [2.24, 2.45) is 0 Å². The lowest BCUT2D eigenvalue weighted by Crippen LogP contribution is -2.54. The van der Waals surface area contributed by atoms with Gasteiger partial charge in [-0.15, -0.1) is 46.6 Å². The third-order valence-electron chi connectivity index (χ3n) is 5.30. The van der Waals surface area contributed by atoms with Gasteiger partial charge in [0.1, 0.15) is 15.2 Å². The van der Waals surface area contributed by atoms with Gasteiger partial charge in [-0.3, -0.25) is 0 Å². The van der Waals surface area contributed by atoms with E-state index in [4.69, 9.17) is 12.8 Å². The van der Waals surface area contributed by atoms with Crippen LogP contribution in [-0.4, -0.2) is 30.4 Å². The molecule has 0 aromatic carbocycles. The summed E-state index contributed by atoms with van der Waals surface area (Å²) in [7, 11) is -5.91. The fraction of sp³-hybridized carbons (Fsp3) is 0.500. The van der Waals surface area contributed by atoms with E-state index in [0.717, 1.165) is 0 Å². The predicted molar refractivity (Wildman–Crippen MR) is 118 cm³/mol. The first-order valence-electron chi connectivity index (χ1n) is 7.55. The van der Waals surface area contributed by atoms with E-state index < -0.39 is 30.4 Å². The Kier molecular flexibility index (Phi) is 5.83. The Hall–Kier alpha value is -0.0925. The normalized spacial score (nSPS) is 13.4. The van der Waals surface area contributed by atoms with Crippen molar-refractivity contribution in [3.05, 3.63) is 7.69 Å². The van der Waals surface area contributed by atoms with Crippen molar-refractivity contribution >= 4 is 64.4 Å². The van der Waals surface area contributed by atoms with Crippen LogP contribution in [0, 0.1) is 23.9 Å². The first-order valence-corrected chi connectivity index (χ1v) is 23.3. The average Bonchev–Trinajstić information content (AvgIpc) is 2.35. The van der Waals surface area contributed by atoms with Gasteiger partial charge in [-0.1, -0.05) is 63.8 Å². The van der Waals surface area contributed by atoms with Crippen LogP contribution in [0.5, 0.6) is 0 Å². The molecule has 6 heteroatoms. The third-order valence-corrected chi connectivity index (χ3v) is 39.4. The Morgan fingerprint density at radius 3 is 1.18 bits per heavy atom. The van der Waals surface area contributed by atoms with Crippen molar-refractivity contribution in [3.63, 3.8) is 0 Å². The van der Waals surface area contributed by atoms with Crippen LogP contribution in [0.4, 0.5) is 0 Å². The zero-order chi connectivity index (χ0) is 17.4. The maximum atomic E-state index is 5.78. The summed E-state index contributed by atoms with van der Waals surface area (Å²) in [6.45, 7) is 19.0. The molecule has 0 amide bonds. The third kappa shape index (κ3) is 4.05. The molecule has 22 heavy (non-hydrogen) atoms. The number of rotatable bonds is 4. The topological polar surface area (TPSA) is 0 Å². The van der Waals surface area contributed by atoms with Gasteiger partial charge < -0.3 is 0 Å². The van der Waals surface area contributed by atoms with Gasteiger partial charge in [0, 0.05) is 0 Å². The van der Waals surface area contributed by atoms with Gasteiger partial charge in [0.05, 0.1) is 22.9 Å². The summed E-state index contributed by atoms with van der Waals surface area (Å²) >= 11 is 3.88. The summed E-state index contributed by atoms with van der Waals surface area (Å²) in [4.78, 5) is 0. The van der Waals surface area contributed by atoms with E-state index in [-0.39, 0.29) is 0 Å². The van der Waals surface area contributed by atoms with Gasteiger partial charge in [0.2, 0.25) is 0 Å². The van der Waals surface area contributed by atoms with Gasteiger partial charge in [0.25, 0.3) is 0 Å². The van der Waals surface area contributed by atoms with Crippen LogP contribution < -0.4 is 7.69 Å². The van der Waals surface area contributed by atoms with Crippen molar-refractivity contribution in [3.8, 4) is 23.9 Å². The quantitative estimate of drug-likeness (QED) is 0.536. The summed E-state index contributed by atoms with van der Waals surface area (Å²) in [5.41, 5.74) is 11.3. The Labute approximate surface area is 148 Å². The van der Waals surface area contributed by atoms with Crippen molar-refractivity contribution in [1.29, 1.82) is 0 Å². The fourth-order valence-electron chi connectivity index (χ4n) is 1.65. The summed E-state index contributed by atoms with van der Waals surface area (Å²) in [5.74, 6) is 0. The van der Waals surface area contributed by atoms with E-state index in [0.29, 0.717) is 0 Å². The molecule has 0 aliphatic heterocycles. The number of hydrogen-bond donors (Lipinski definition) is 0. The van der Waals surface area contributed by atoms with Gasteiger partial charge in [0.15, 0.2) is 0 Å². The molecule has 0 bridgehead atoms. The molecule has 0 N–H and O–H groups in total. The van der Waals surface area contributed by atoms with Crippen LogP contribution in [0.2, 0.25) is 52.4 Å². The highest BCUT2D eigenvalue weighted by Gasteiger charge is 2.39. The summed E-state index contributed by atoms with van der Waals surface area (Å²) in [6.07, 6.45) is 11.6. The lowest BCUT2D eigenvalue weighted by molar-refractivity contribution is 1.85. The van der Waals surface area contributed by atoms with Crippen LogP contribution in [-0.2, 0) is 0 Å². The zero-order valence-corrected chi connectivity index (χ0v) is 20.8. The minimum Gasteiger partial charge on any atom is -0.138 e. The maximum Gasteiger partial charge on any atom is 0.127 e. The lowest BCUT2D eigenvalue weighted by Gasteiger charge is -2.31. The molecule has 1 rings (SSSR count). The van der Waals surface area contributed by atoms with Gasteiger partial charge in [-0.2, -0.15) is 0 Å². The van der Waals surface area contributed by atoms with Crippen molar-refractivity contribution < 1.29 is 0 Å². The standard InChI is InChI=1S/C16H28S2Si4/c1-11-19(3,4)21(7,8)13-15-17-16(18-15)14-22(9,10)20(5,6)12-2/h1-2,13-14H,3-10H3. The van der Waals surface area contributed by atoms with Crippen LogP contribution >= 0.6 is 22.7 Å². The van der Waals surface area contributed by atoms with Gasteiger partial charge >= 0.3 is 0 Å². The number of hydrogen-bond acceptors (Lipinski definition) is 2. The Balaban J connectivity index is 3.16. The molecule has 0 aliphatic rings. The second-order valence-corrected chi connectivity index (χ2v) is 40.6. The van der Waals surface area contributed by atoms with E-state index in [9.17, 15) is 0 Å². The van der Waals surface area contributed by atoms with Crippen molar-refractivity contribution in [2.75, 3.05) is 0 Å². The first kappa shape index (κ1) is 20.0. The number of terminal acetylenes is 2. The Morgan fingerprint density at radius 2 is 0.955 bits per heavy atom. The molecule has 1 heterocycles. The lowest BCUT2D eigenvalue weighted by atomic mass is 11.2. The molecule has 0 saturated heterocycles. The van der Waals surface area contributed by atoms with Gasteiger partial charge in [-0.25, -0.2) is 0 Å². The molecular formula is C16H28S2Si4. The van der Waals surface area contributed by atoms with Crippen LogP contribution in [0.15, 0.2) is 0 Å². The predicted octanol–water partition coefficient (Wildman–Crippen LogP) is 3.78. The molecule has 0 radical (unpaired) electrons. The second-order valence-electron chi connectivity index (χ2n) is 8.11. The Bertz CT molecular complexity index is 655. The van der Waals surface area contributed by atoms with E-state index in [1.54, 1.807) is 0 Å².